The molecule has 10 nitrogen and oxygen atoms in total. The Hall–Kier alpha value is -3.86. The average molecular weight is 962 g/mol. The van der Waals surface area contributed by atoms with Gasteiger partial charge in [-0.05, 0) is 125 Å². The van der Waals surface area contributed by atoms with E-state index < -0.39 is 58.5 Å². The lowest BCUT2D eigenvalue weighted by Gasteiger charge is -2.38. The van der Waals surface area contributed by atoms with Gasteiger partial charge in [0.1, 0.15) is 11.5 Å². The van der Waals surface area contributed by atoms with Gasteiger partial charge in [-0.25, -0.2) is 4.79 Å². The van der Waals surface area contributed by atoms with E-state index in [0.717, 1.165) is 16.7 Å². The van der Waals surface area contributed by atoms with E-state index >= 15 is 0 Å². The molecule has 344 valence electrons. The highest BCUT2D eigenvalue weighted by Crippen LogP contribution is 2.50. The van der Waals surface area contributed by atoms with E-state index in [0.29, 0.717) is 26.7 Å². The Morgan fingerprint density at radius 3 is 1.40 bits per heavy atom. The van der Waals surface area contributed by atoms with Crippen molar-refractivity contribution in [1.82, 2.24) is 20.4 Å². The Balaban J connectivity index is 0.000000291. The zero-order valence-corrected chi connectivity index (χ0v) is 38.3. The highest BCUT2D eigenvalue weighted by Gasteiger charge is 2.55. The molecule has 4 aliphatic rings. The fourth-order valence-electron chi connectivity index (χ4n) is 8.21. The van der Waals surface area contributed by atoms with Gasteiger partial charge >= 0.3 is 23.8 Å². The molecule has 2 heterocycles. The minimum Gasteiger partial charge on any atom is -1.00 e. The van der Waals surface area contributed by atoms with Gasteiger partial charge in [0.25, 0.3) is 11.8 Å². The zero-order chi connectivity index (χ0) is 46.2. The molecule has 0 bridgehead atoms. The number of hydrogen-bond donors (Lipinski definition) is 3. The van der Waals surface area contributed by atoms with E-state index in [9.17, 15) is 50.6 Å². The Labute approximate surface area is 377 Å². The standard InChI is InChI=1S/C21H24ClF3N2O3.C18H19ClF3NO2.C3H6ClNO.ClH/c1-11-9-12(2)15(14(22)10-11)16-17(30-19(29)27(3)4)20(26-18(16)28)7-5-13(6-8-20)21(23,24)25;1-9-7-10(2)13(12(19)8-9)14-15(24)17(23-16(14)25)5-3-11(4-6-17)18(20,21)22;1-5(2)3(4)6;/h9-10,13H,5-8H2,1-4H3,(H,26,28);7-8,11,24H,3-6H2,1-2H3,(H,23,25);1-2H3;1H/p-1. The van der Waals surface area contributed by atoms with Gasteiger partial charge in [0.15, 0.2) is 0 Å². The van der Waals surface area contributed by atoms with Crippen LogP contribution in [-0.4, -0.2) is 89.8 Å². The lowest BCUT2D eigenvalue weighted by molar-refractivity contribution is -0.185. The Kier molecular flexibility index (Phi) is 16.8. The molecule has 0 saturated heterocycles. The van der Waals surface area contributed by atoms with Crippen molar-refractivity contribution >= 4 is 69.2 Å². The van der Waals surface area contributed by atoms with Gasteiger partial charge in [0.05, 0.1) is 34.1 Å². The van der Waals surface area contributed by atoms with Crippen LogP contribution in [0.1, 0.15) is 84.7 Å². The molecule has 0 aromatic heterocycles. The molecule has 2 aliphatic heterocycles. The van der Waals surface area contributed by atoms with Gasteiger partial charge in [0.2, 0.25) is 0 Å². The van der Waals surface area contributed by atoms with Gasteiger partial charge < -0.3 is 42.7 Å². The lowest BCUT2D eigenvalue weighted by atomic mass is 9.75. The molecule has 0 unspecified atom stereocenters. The first-order chi connectivity index (χ1) is 28.0. The third-order valence-electron chi connectivity index (χ3n) is 11.4. The van der Waals surface area contributed by atoms with Crippen LogP contribution in [0.15, 0.2) is 35.8 Å². The molecular weight excluding hydrogens is 912 g/mol. The van der Waals surface area contributed by atoms with E-state index in [1.807, 2.05) is 26.0 Å². The summed E-state index contributed by atoms with van der Waals surface area (Å²) in [5.74, 6) is -3.96. The predicted octanol–water partition coefficient (Wildman–Crippen LogP) is 7.75. The first kappa shape index (κ1) is 52.5. The number of benzene rings is 2. The minimum atomic E-state index is -4.30. The van der Waals surface area contributed by atoms with Crippen LogP contribution in [0.3, 0.4) is 0 Å². The normalized spacial score (nSPS) is 23.4. The predicted molar refractivity (Wildman–Crippen MR) is 221 cm³/mol. The highest BCUT2D eigenvalue weighted by atomic mass is 35.5. The maximum absolute atomic E-state index is 13.2. The lowest BCUT2D eigenvalue weighted by Crippen LogP contribution is -3.00. The number of alkyl halides is 6. The second-order valence-electron chi connectivity index (χ2n) is 16.4. The Bertz CT molecular complexity index is 2080. The van der Waals surface area contributed by atoms with Gasteiger partial charge in [0, 0.05) is 49.4 Å². The van der Waals surface area contributed by atoms with Crippen LogP contribution in [0, 0.1) is 39.5 Å². The maximum atomic E-state index is 13.2. The molecule has 2 saturated carbocycles. The number of nitrogens with one attached hydrogen (secondary N) is 2. The number of carbonyl (C=O) groups excluding carboxylic acids is 4. The second kappa shape index (κ2) is 19.9. The number of rotatable bonds is 3. The van der Waals surface area contributed by atoms with Crippen molar-refractivity contribution < 1.29 is 67.8 Å². The molecule has 62 heavy (non-hydrogen) atoms. The molecular formula is C42H49Cl4F6N4O6-. The SMILES string of the molecule is CN(C)C(=O)Cl.Cc1cc(C)c(C2=C(O)C3(CCC(C(F)(F)F)CC3)NC2=O)c(Cl)c1.Cc1cc(C)c(C2=C(OC(=O)N(C)C)C3(CCC(C(F)(F)F)CC3)NC2=O)c(Cl)c1.[Cl-]. The molecule has 3 N–H and O–H groups in total. The van der Waals surface area contributed by atoms with Crippen molar-refractivity contribution in [3.63, 3.8) is 0 Å². The van der Waals surface area contributed by atoms with Crippen LogP contribution in [0.5, 0.6) is 0 Å². The van der Waals surface area contributed by atoms with Crippen LogP contribution in [-0.2, 0) is 14.3 Å². The minimum absolute atomic E-state index is 0. The number of carbonyl (C=O) groups is 4. The van der Waals surface area contributed by atoms with Gasteiger partial charge in [-0.2, -0.15) is 26.3 Å². The van der Waals surface area contributed by atoms with Crippen LogP contribution >= 0.6 is 34.8 Å². The molecule has 2 aromatic rings. The Morgan fingerprint density at radius 2 is 1.05 bits per heavy atom. The Morgan fingerprint density at radius 1 is 0.694 bits per heavy atom. The highest BCUT2D eigenvalue weighted by molar-refractivity contribution is 6.62. The second-order valence-corrected chi connectivity index (χ2v) is 17.6. The van der Waals surface area contributed by atoms with Crippen molar-refractivity contribution in [3.05, 3.63) is 79.2 Å². The number of aliphatic hydroxyl groups is 1. The van der Waals surface area contributed by atoms with E-state index in [2.05, 4.69) is 10.6 Å². The van der Waals surface area contributed by atoms with Gasteiger partial charge in [-0.1, -0.05) is 35.3 Å². The third-order valence-corrected chi connectivity index (χ3v) is 12.3. The van der Waals surface area contributed by atoms with Crippen LogP contribution < -0.4 is 23.0 Å². The van der Waals surface area contributed by atoms with Crippen molar-refractivity contribution in [2.75, 3.05) is 28.2 Å². The summed E-state index contributed by atoms with van der Waals surface area (Å²) in [6, 6.07) is 7.09. The number of hydrogen-bond acceptors (Lipinski definition) is 6. The summed E-state index contributed by atoms with van der Waals surface area (Å²) < 4.78 is 83.8. The quantitative estimate of drug-likeness (QED) is 0.164. The molecule has 20 heteroatoms. The fraction of sp³-hybridized carbons (Fsp3) is 0.524. The van der Waals surface area contributed by atoms with Gasteiger partial charge in [-0.15, -0.1) is 0 Å². The molecule has 2 fully saturated rings. The topological polar surface area (TPSA) is 128 Å². The number of ether oxygens (including phenoxy) is 1. The maximum Gasteiger partial charge on any atom is 0.414 e. The molecule has 6 rings (SSSR count). The average Bonchev–Trinajstić information content (AvgIpc) is 3.50. The van der Waals surface area contributed by atoms with Crippen molar-refractivity contribution in [3.8, 4) is 0 Å². The third kappa shape index (κ3) is 11.4. The molecule has 4 amide bonds. The van der Waals surface area contributed by atoms with E-state index in [-0.39, 0.29) is 86.4 Å². The number of aryl methyl sites for hydroxylation is 4. The summed E-state index contributed by atoms with van der Waals surface area (Å²) in [6.07, 6.45) is -9.68. The molecule has 2 aromatic carbocycles. The number of amides is 4. The molecule has 2 spiro atoms. The largest absolute Gasteiger partial charge is 1.00 e. The molecule has 0 atom stereocenters. The summed E-state index contributed by atoms with van der Waals surface area (Å²) in [5.41, 5.74) is 2.04. The van der Waals surface area contributed by atoms with Crippen molar-refractivity contribution in [2.24, 2.45) is 11.8 Å². The summed E-state index contributed by atoms with van der Waals surface area (Å²) in [6.45, 7) is 7.29. The van der Waals surface area contributed by atoms with E-state index in [4.69, 9.17) is 39.5 Å². The monoisotopic (exact) mass is 959 g/mol. The van der Waals surface area contributed by atoms with Crippen LogP contribution in [0.25, 0.3) is 11.1 Å². The molecule has 2 aliphatic carbocycles. The van der Waals surface area contributed by atoms with Gasteiger partial charge in [-0.3, -0.25) is 14.4 Å². The first-order valence-electron chi connectivity index (χ1n) is 19.3. The summed E-state index contributed by atoms with van der Waals surface area (Å²) in [5, 5.41) is 16.5. The first-order valence-corrected chi connectivity index (χ1v) is 20.5. The van der Waals surface area contributed by atoms with Crippen molar-refractivity contribution in [2.45, 2.75) is 102 Å². The number of halogens is 10. The number of aliphatic hydroxyl groups excluding tert-OH is 1. The molecule has 0 radical (unpaired) electrons. The van der Waals surface area contributed by atoms with E-state index in [1.165, 1.54) is 23.9 Å². The van der Waals surface area contributed by atoms with Crippen molar-refractivity contribution in [1.29, 1.82) is 0 Å². The van der Waals surface area contributed by atoms with Crippen LogP contribution in [0.2, 0.25) is 10.0 Å². The summed E-state index contributed by atoms with van der Waals surface area (Å²) in [7, 11) is 6.17. The number of nitrogens with zero attached hydrogens (tertiary/aromatic N) is 2. The zero-order valence-electron chi connectivity index (χ0n) is 35.3. The summed E-state index contributed by atoms with van der Waals surface area (Å²) >= 11 is 17.6. The van der Waals surface area contributed by atoms with Crippen LogP contribution in [0.4, 0.5) is 35.9 Å². The van der Waals surface area contributed by atoms with E-state index in [1.54, 1.807) is 40.1 Å². The fourth-order valence-corrected chi connectivity index (χ4v) is 9.04. The smallest absolute Gasteiger partial charge is 0.414 e. The summed E-state index contributed by atoms with van der Waals surface area (Å²) in [4.78, 5) is 50.2.